The highest BCUT2D eigenvalue weighted by molar-refractivity contribution is 9.20. The van der Waals surface area contributed by atoms with Crippen LogP contribution in [0.4, 0.5) is 0 Å². The zero-order valence-corrected chi connectivity index (χ0v) is 6.70. The van der Waals surface area contributed by atoms with Gasteiger partial charge in [-0.3, -0.25) is 4.79 Å². The summed E-state index contributed by atoms with van der Waals surface area (Å²) in [4.78, 5) is 9.93. The molecule has 7 heavy (non-hydrogen) atoms. The van der Waals surface area contributed by atoms with Gasteiger partial charge in [0.15, 0.2) is 0 Å². The molecule has 0 saturated heterocycles. The summed E-state index contributed by atoms with van der Waals surface area (Å²) in [6.45, 7) is 3.38. The smallest absolute Gasteiger partial charge is 0.215 e. The van der Waals surface area contributed by atoms with Crippen molar-refractivity contribution < 1.29 is 4.79 Å². The number of hydrogen-bond donors (Lipinski definition) is 0. The molecule has 0 aliphatic carbocycles. The summed E-state index contributed by atoms with van der Waals surface area (Å²) in [5.41, 5.74) is 0. The highest BCUT2D eigenvalue weighted by Gasteiger charge is 2.03. The second-order valence-electron chi connectivity index (χ2n) is 0.942. The van der Waals surface area contributed by atoms with E-state index in [2.05, 4.69) is 38.4 Å². The molecule has 0 bridgehead atoms. The Hall–Kier alpha value is 0.370. The molecule has 0 fully saturated rings. The largest absolute Gasteiger partial charge is 0.285 e. The topological polar surface area (TPSA) is 17.1 Å². The van der Waals surface area contributed by atoms with E-state index in [9.17, 15) is 4.79 Å². The molecule has 1 atom stereocenters. The molecule has 40 valence electrons. The van der Waals surface area contributed by atoms with Gasteiger partial charge in [-0.15, -0.1) is 6.58 Å². The lowest BCUT2D eigenvalue weighted by Crippen LogP contribution is -1.99. The highest BCUT2D eigenvalue weighted by atomic mass is 79.9. The van der Waals surface area contributed by atoms with E-state index in [-0.39, 0.29) is 9.52 Å². The van der Waals surface area contributed by atoms with Gasteiger partial charge >= 0.3 is 0 Å². The van der Waals surface area contributed by atoms with Gasteiger partial charge in [-0.25, -0.2) is 0 Å². The average molecular weight is 228 g/mol. The van der Waals surface area contributed by atoms with Crippen LogP contribution in [0, 0.1) is 0 Å². The SMILES string of the molecule is C=CC(Br)C(=O)Br. The fourth-order valence-corrected chi connectivity index (χ4v) is 0.280. The summed E-state index contributed by atoms with van der Waals surface area (Å²) >= 11 is 5.77. The van der Waals surface area contributed by atoms with Crippen molar-refractivity contribution in [1.29, 1.82) is 0 Å². The van der Waals surface area contributed by atoms with Crippen molar-refractivity contribution in [2.24, 2.45) is 0 Å². The first-order valence-electron chi connectivity index (χ1n) is 1.64. The summed E-state index contributed by atoms with van der Waals surface area (Å²) in [6.07, 6.45) is 1.51. The Kier molecular flexibility index (Phi) is 3.56. The summed E-state index contributed by atoms with van der Waals surface area (Å²) in [5.74, 6) is 0. The van der Waals surface area contributed by atoms with Crippen LogP contribution < -0.4 is 0 Å². The van der Waals surface area contributed by atoms with Crippen LogP contribution in [-0.2, 0) is 4.79 Å². The Balaban J connectivity index is 3.55. The fraction of sp³-hybridized carbons (Fsp3) is 0.250. The van der Waals surface area contributed by atoms with Crippen molar-refractivity contribution >= 4 is 36.6 Å². The number of allylic oxidation sites excluding steroid dienone is 1. The van der Waals surface area contributed by atoms with E-state index in [1.54, 1.807) is 0 Å². The minimum Gasteiger partial charge on any atom is -0.285 e. The van der Waals surface area contributed by atoms with Crippen LogP contribution in [-0.4, -0.2) is 9.52 Å². The van der Waals surface area contributed by atoms with Gasteiger partial charge in [-0.1, -0.05) is 22.0 Å². The molecule has 0 radical (unpaired) electrons. The van der Waals surface area contributed by atoms with E-state index in [1.165, 1.54) is 6.08 Å². The zero-order valence-electron chi connectivity index (χ0n) is 3.53. The minimum absolute atomic E-state index is 0.0949. The number of rotatable bonds is 2. The molecule has 0 aliphatic heterocycles. The molecule has 0 aromatic carbocycles. The third-order valence-corrected chi connectivity index (χ3v) is 2.32. The van der Waals surface area contributed by atoms with Crippen LogP contribution in [0.5, 0.6) is 0 Å². The molecule has 1 unspecified atom stereocenters. The van der Waals surface area contributed by atoms with Gasteiger partial charge in [-0.2, -0.15) is 0 Å². The van der Waals surface area contributed by atoms with Gasteiger partial charge in [-0.05, 0) is 15.9 Å². The van der Waals surface area contributed by atoms with Crippen molar-refractivity contribution in [2.45, 2.75) is 4.83 Å². The van der Waals surface area contributed by atoms with Gasteiger partial charge in [0.05, 0.1) is 0 Å². The number of carbonyl (C=O) groups is 1. The third-order valence-electron chi connectivity index (χ3n) is 0.424. The molecule has 0 saturated carbocycles. The van der Waals surface area contributed by atoms with Crippen molar-refractivity contribution in [3.05, 3.63) is 12.7 Å². The summed E-state index contributed by atoms with van der Waals surface area (Å²) in [7, 11) is 0. The lowest BCUT2D eigenvalue weighted by Gasteiger charge is -1.89. The van der Waals surface area contributed by atoms with Gasteiger partial charge in [0.1, 0.15) is 4.83 Å². The molecule has 1 nitrogen and oxygen atoms in total. The molecule has 0 aliphatic rings. The average Bonchev–Trinajstić information content (AvgIpc) is 1.65. The van der Waals surface area contributed by atoms with Gasteiger partial charge in [0, 0.05) is 0 Å². The lowest BCUT2D eigenvalue weighted by atomic mass is 10.5. The summed E-state index contributed by atoms with van der Waals surface area (Å²) < 4.78 is -0.0949. The first-order valence-corrected chi connectivity index (χ1v) is 3.35. The molecule has 0 aromatic heterocycles. The quantitative estimate of drug-likeness (QED) is 0.400. The van der Waals surface area contributed by atoms with Crippen LogP contribution in [0.15, 0.2) is 12.7 Å². The summed E-state index contributed by atoms with van der Waals surface area (Å²) in [5, 5.41) is 0. The standard InChI is InChI=1S/C4H4Br2O/c1-2-3(5)4(6)7/h2-3H,1H2. The maximum Gasteiger partial charge on any atom is 0.215 e. The van der Waals surface area contributed by atoms with E-state index in [0.717, 1.165) is 0 Å². The zero-order chi connectivity index (χ0) is 5.86. The Morgan fingerprint density at radius 1 is 1.86 bits per heavy atom. The Morgan fingerprint density at radius 3 is 2.29 bits per heavy atom. The fourth-order valence-electron chi connectivity index (χ4n) is 0.0927. The van der Waals surface area contributed by atoms with Crippen LogP contribution >= 0.6 is 31.9 Å². The minimum atomic E-state index is -0.243. The normalized spacial score (nSPS) is 12.9. The van der Waals surface area contributed by atoms with E-state index in [4.69, 9.17) is 0 Å². The molecular formula is C4H4Br2O. The predicted octanol–water partition coefficient (Wildman–Crippen LogP) is 1.86. The van der Waals surface area contributed by atoms with Crippen LogP contribution in [0.3, 0.4) is 0 Å². The van der Waals surface area contributed by atoms with Crippen molar-refractivity contribution in [1.82, 2.24) is 0 Å². The maximum atomic E-state index is 10.2. The van der Waals surface area contributed by atoms with E-state index >= 15 is 0 Å². The van der Waals surface area contributed by atoms with Crippen LogP contribution in [0.1, 0.15) is 0 Å². The maximum absolute atomic E-state index is 10.2. The molecular weight excluding hydrogens is 224 g/mol. The third kappa shape index (κ3) is 3.00. The Morgan fingerprint density at radius 2 is 2.29 bits per heavy atom. The molecule has 3 heteroatoms. The predicted molar refractivity (Wildman–Crippen MR) is 36.8 cm³/mol. The number of hydrogen-bond acceptors (Lipinski definition) is 1. The van der Waals surface area contributed by atoms with Crippen molar-refractivity contribution in [3.8, 4) is 0 Å². The molecule has 0 rings (SSSR count). The number of alkyl halides is 1. The Bertz CT molecular complexity index is 89.7. The van der Waals surface area contributed by atoms with Gasteiger partial charge in [0.2, 0.25) is 4.69 Å². The molecule has 0 heterocycles. The Labute approximate surface area is 59.0 Å². The first-order chi connectivity index (χ1) is 3.18. The monoisotopic (exact) mass is 226 g/mol. The molecule has 0 spiro atoms. The van der Waals surface area contributed by atoms with E-state index < -0.39 is 0 Å². The molecule has 0 N–H and O–H groups in total. The molecule has 0 aromatic rings. The summed E-state index contributed by atoms with van der Waals surface area (Å²) in [6, 6.07) is 0. The number of carbonyl (C=O) groups excluding carboxylic acids is 1. The second-order valence-corrected chi connectivity index (χ2v) is 2.71. The second kappa shape index (κ2) is 3.38. The van der Waals surface area contributed by atoms with Crippen LogP contribution in [0.2, 0.25) is 0 Å². The van der Waals surface area contributed by atoms with Gasteiger partial charge in [0.25, 0.3) is 0 Å². The van der Waals surface area contributed by atoms with E-state index in [1.807, 2.05) is 0 Å². The van der Waals surface area contributed by atoms with Crippen LogP contribution in [0.25, 0.3) is 0 Å². The lowest BCUT2D eigenvalue weighted by molar-refractivity contribution is -0.109. The highest BCUT2D eigenvalue weighted by Crippen LogP contribution is 2.05. The molecule has 0 amide bonds. The number of halogens is 2. The van der Waals surface area contributed by atoms with Crippen molar-refractivity contribution in [2.75, 3.05) is 0 Å². The van der Waals surface area contributed by atoms with E-state index in [0.29, 0.717) is 0 Å². The first kappa shape index (κ1) is 7.37. The van der Waals surface area contributed by atoms with Gasteiger partial charge < -0.3 is 0 Å². The van der Waals surface area contributed by atoms with Crippen molar-refractivity contribution in [3.63, 3.8) is 0 Å².